The topological polar surface area (TPSA) is 151 Å². The van der Waals surface area contributed by atoms with Crippen LogP contribution < -0.4 is 10.1 Å². The summed E-state index contributed by atoms with van der Waals surface area (Å²) < 4.78 is 9.75. The van der Waals surface area contributed by atoms with Crippen LogP contribution >= 0.6 is 0 Å². The third-order valence-corrected chi connectivity index (χ3v) is 3.73. The van der Waals surface area contributed by atoms with Gasteiger partial charge in [-0.3, -0.25) is 25.0 Å². The van der Waals surface area contributed by atoms with E-state index in [0.29, 0.717) is 0 Å². The van der Waals surface area contributed by atoms with Gasteiger partial charge in [0.25, 0.3) is 17.3 Å². The van der Waals surface area contributed by atoms with Crippen molar-refractivity contribution in [2.75, 3.05) is 19.0 Å². The molecule has 11 heteroatoms. The number of nitro groups is 2. The van der Waals surface area contributed by atoms with E-state index in [4.69, 9.17) is 9.47 Å². The molecule has 11 nitrogen and oxygen atoms in total. The summed E-state index contributed by atoms with van der Waals surface area (Å²) in [5, 5.41) is 24.3. The second kappa shape index (κ2) is 8.58. The number of nitrogens with zero attached hydrogens (tertiary/aromatic N) is 2. The van der Waals surface area contributed by atoms with Gasteiger partial charge in [0.05, 0.1) is 28.6 Å². The minimum Gasteiger partial charge on any atom is -0.496 e. The number of carbonyl (C=O) groups is 2. The molecule has 0 spiro atoms. The van der Waals surface area contributed by atoms with E-state index < -0.39 is 34.0 Å². The van der Waals surface area contributed by atoms with E-state index in [-0.39, 0.29) is 28.3 Å². The van der Waals surface area contributed by atoms with Crippen molar-refractivity contribution in [3.8, 4) is 5.75 Å². The van der Waals surface area contributed by atoms with Crippen LogP contribution in [0.4, 0.5) is 17.1 Å². The summed E-state index contributed by atoms with van der Waals surface area (Å²) in [6.45, 7) is 0.652. The maximum atomic E-state index is 12.1. The summed E-state index contributed by atoms with van der Waals surface area (Å²) >= 11 is 0. The van der Waals surface area contributed by atoms with Crippen molar-refractivity contribution in [3.63, 3.8) is 0 Å². The van der Waals surface area contributed by atoms with Crippen LogP contribution in [0, 0.1) is 27.2 Å². The predicted octanol–water partition coefficient (Wildman–Crippen LogP) is 2.62. The number of amides is 1. The Balaban J connectivity index is 2.07. The highest BCUT2D eigenvalue weighted by atomic mass is 16.6. The van der Waals surface area contributed by atoms with E-state index in [9.17, 15) is 29.8 Å². The number of methoxy groups -OCH3 is 1. The summed E-state index contributed by atoms with van der Waals surface area (Å²) in [4.78, 5) is 44.8. The molecule has 28 heavy (non-hydrogen) atoms. The fraction of sp³-hybridized carbons (Fsp3) is 0.176. The molecule has 0 aliphatic heterocycles. The van der Waals surface area contributed by atoms with Gasteiger partial charge in [0.2, 0.25) is 0 Å². The Kier molecular flexibility index (Phi) is 6.22. The molecule has 2 rings (SSSR count). The lowest BCUT2D eigenvalue weighted by Gasteiger charge is -2.09. The van der Waals surface area contributed by atoms with Gasteiger partial charge >= 0.3 is 5.97 Å². The molecule has 2 aromatic carbocycles. The number of hydrogen-bond acceptors (Lipinski definition) is 8. The summed E-state index contributed by atoms with van der Waals surface area (Å²) in [5.41, 5.74) is -0.708. The number of nitro benzene ring substituents is 2. The van der Waals surface area contributed by atoms with Crippen molar-refractivity contribution in [2.24, 2.45) is 0 Å². The van der Waals surface area contributed by atoms with Gasteiger partial charge < -0.3 is 14.8 Å². The van der Waals surface area contributed by atoms with Gasteiger partial charge in [-0.25, -0.2) is 4.79 Å². The highest BCUT2D eigenvalue weighted by molar-refractivity contribution is 5.97. The van der Waals surface area contributed by atoms with E-state index >= 15 is 0 Å². The van der Waals surface area contributed by atoms with Crippen LogP contribution in [-0.4, -0.2) is 35.4 Å². The average Bonchev–Trinajstić information content (AvgIpc) is 2.66. The smallest absolute Gasteiger partial charge is 0.339 e. The zero-order valence-corrected chi connectivity index (χ0v) is 14.8. The summed E-state index contributed by atoms with van der Waals surface area (Å²) in [6.07, 6.45) is 0. The molecule has 0 saturated carbocycles. The molecule has 146 valence electrons. The number of esters is 1. The van der Waals surface area contributed by atoms with Gasteiger partial charge in [-0.05, 0) is 25.1 Å². The van der Waals surface area contributed by atoms with Crippen molar-refractivity contribution in [2.45, 2.75) is 6.92 Å². The lowest BCUT2D eigenvalue weighted by Crippen LogP contribution is -2.21. The third kappa shape index (κ3) is 4.58. The molecule has 0 bridgehead atoms. The molecule has 0 aliphatic rings. The normalized spacial score (nSPS) is 10.1. The Morgan fingerprint density at radius 2 is 1.75 bits per heavy atom. The van der Waals surface area contributed by atoms with Crippen LogP contribution in [0.5, 0.6) is 5.75 Å². The maximum Gasteiger partial charge on any atom is 0.339 e. The van der Waals surface area contributed by atoms with Crippen LogP contribution in [0.15, 0.2) is 36.4 Å². The monoisotopic (exact) mass is 389 g/mol. The average molecular weight is 389 g/mol. The molecule has 1 N–H and O–H groups in total. The van der Waals surface area contributed by atoms with E-state index in [0.717, 1.165) is 6.07 Å². The number of ether oxygens (including phenoxy) is 2. The maximum absolute atomic E-state index is 12.1. The molecule has 1 amide bonds. The van der Waals surface area contributed by atoms with Gasteiger partial charge in [-0.1, -0.05) is 6.07 Å². The number of rotatable bonds is 7. The zero-order valence-electron chi connectivity index (χ0n) is 14.8. The molecule has 0 aliphatic carbocycles. The molecule has 0 radical (unpaired) electrons. The largest absolute Gasteiger partial charge is 0.496 e. The van der Waals surface area contributed by atoms with Gasteiger partial charge in [0.15, 0.2) is 6.61 Å². The van der Waals surface area contributed by atoms with E-state index in [1.807, 2.05) is 0 Å². The Labute approximate surface area is 158 Å². The predicted molar refractivity (Wildman–Crippen MR) is 96.4 cm³/mol. The highest BCUT2D eigenvalue weighted by Gasteiger charge is 2.21. The Bertz CT molecular complexity index is 957. The standard InChI is InChI=1S/C17H15N3O8/c1-10-12(4-3-5-14(10)19(23)24)17(22)28-9-16(21)18-13-7-6-11(27-2)8-15(13)20(25)26/h3-8H,9H2,1-2H3,(H,18,21). The molecule has 0 heterocycles. The molecule has 0 atom stereocenters. The molecule has 0 saturated heterocycles. The minimum atomic E-state index is -0.930. The first-order chi connectivity index (χ1) is 13.2. The van der Waals surface area contributed by atoms with Gasteiger partial charge in [0.1, 0.15) is 11.4 Å². The summed E-state index contributed by atoms with van der Waals surface area (Å²) in [7, 11) is 1.34. The number of benzene rings is 2. The Morgan fingerprint density at radius 1 is 1.07 bits per heavy atom. The van der Waals surface area contributed by atoms with Gasteiger partial charge in [0, 0.05) is 11.6 Å². The van der Waals surface area contributed by atoms with Gasteiger partial charge in [-0.15, -0.1) is 0 Å². The van der Waals surface area contributed by atoms with Crippen molar-refractivity contribution in [1.29, 1.82) is 0 Å². The second-order valence-electron chi connectivity index (χ2n) is 5.47. The Hall–Kier alpha value is -4.02. The summed E-state index contributed by atoms with van der Waals surface area (Å²) in [5.74, 6) is -1.51. The van der Waals surface area contributed by atoms with Crippen molar-refractivity contribution < 1.29 is 28.9 Å². The molecule has 0 fully saturated rings. The number of carbonyl (C=O) groups excluding carboxylic acids is 2. The van der Waals surface area contributed by atoms with Gasteiger partial charge in [-0.2, -0.15) is 0 Å². The molecule has 0 aromatic heterocycles. The molecular formula is C17H15N3O8. The van der Waals surface area contributed by atoms with Crippen molar-refractivity contribution in [1.82, 2.24) is 0 Å². The fourth-order valence-corrected chi connectivity index (χ4v) is 2.33. The molecule has 0 unspecified atom stereocenters. The van der Waals surface area contributed by atoms with Crippen LogP contribution in [0.3, 0.4) is 0 Å². The number of anilines is 1. The van der Waals surface area contributed by atoms with Crippen LogP contribution in [-0.2, 0) is 9.53 Å². The number of hydrogen-bond donors (Lipinski definition) is 1. The third-order valence-electron chi connectivity index (χ3n) is 3.73. The van der Waals surface area contributed by atoms with Crippen LogP contribution in [0.25, 0.3) is 0 Å². The van der Waals surface area contributed by atoms with Crippen molar-refractivity contribution in [3.05, 3.63) is 67.8 Å². The fourth-order valence-electron chi connectivity index (χ4n) is 2.33. The van der Waals surface area contributed by atoms with E-state index in [1.165, 1.54) is 44.4 Å². The van der Waals surface area contributed by atoms with E-state index in [2.05, 4.69) is 5.32 Å². The quantitative estimate of drug-likeness (QED) is 0.431. The first-order valence-corrected chi connectivity index (χ1v) is 7.78. The summed E-state index contributed by atoms with van der Waals surface area (Å²) in [6, 6.07) is 7.72. The SMILES string of the molecule is COc1ccc(NC(=O)COC(=O)c2cccc([N+](=O)[O-])c2C)c([N+](=O)[O-])c1. The van der Waals surface area contributed by atoms with Crippen molar-refractivity contribution >= 4 is 28.9 Å². The second-order valence-corrected chi connectivity index (χ2v) is 5.47. The lowest BCUT2D eigenvalue weighted by atomic mass is 10.1. The molecule has 2 aromatic rings. The van der Waals surface area contributed by atoms with Crippen LogP contribution in [0.2, 0.25) is 0 Å². The first-order valence-electron chi connectivity index (χ1n) is 7.78. The van der Waals surface area contributed by atoms with Crippen LogP contribution in [0.1, 0.15) is 15.9 Å². The highest BCUT2D eigenvalue weighted by Crippen LogP contribution is 2.29. The Morgan fingerprint density at radius 3 is 2.36 bits per heavy atom. The molecular weight excluding hydrogens is 374 g/mol. The van der Waals surface area contributed by atoms with E-state index in [1.54, 1.807) is 0 Å². The first kappa shape index (κ1) is 20.3. The minimum absolute atomic E-state index is 0.0579. The lowest BCUT2D eigenvalue weighted by molar-refractivity contribution is -0.385. The number of nitrogens with one attached hydrogen (secondary N) is 1. The zero-order chi connectivity index (χ0) is 20.8.